The van der Waals surface area contributed by atoms with Gasteiger partial charge in [0.25, 0.3) is 0 Å². The van der Waals surface area contributed by atoms with Crippen LogP contribution < -0.4 is 5.32 Å². The van der Waals surface area contributed by atoms with E-state index >= 15 is 0 Å². The maximum atomic E-state index is 3.18. The molecule has 1 aliphatic heterocycles. The molecule has 1 N–H and O–H groups in total. The number of nitrogens with one attached hydrogen (secondary N) is 1. The molecule has 1 aromatic rings. The van der Waals surface area contributed by atoms with Crippen LogP contribution in [-0.2, 0) is 6.54 Å². The maximum Gasteiger partial charge on any atom is 0.0319 e. The third-order valence-electron chi connectivity index (χ3n) is 3.53. The van der Waals surface area contributed by atoms with Crippen molar-refractivity contribution in [3.8, 4) is 0 Å². The molecule has 0 saturated carbocycles. The molecule has 0 bridgehead atoms. The summed E-state index contributed by atoms with van der Waals surface area (Å²) in [5.74, 6) is 0. The van der Waals surface area contributed by atoms with E-state index in [9.17, 15) is 0 Å². The third kappa shape index (κ3) is 3.70. The summed E-state index contributed by atoms with van der Waals surface area (Å²) in [5, 5.41) is 3.18. The van der Waals surface area contributed by atoms with E-state index in [1.807, 2.05) is 7.05 Å². The van der Waals surface area contributed by atoms with Crippen LogP contribution >= 0.6 is 12.4 Å². The average Bonchev–Trinajstić information content (AvgIpc) is 2.83. The molecule has 1 saturated heterocycles. The van der Waals surface area contributed by atoms with E-state index in [0.29, 0.717) is 6.04 Å². The van der Waals surface area contributed by atoms with Gasteiger partial charge in [0.2, 0.25) is 0 Å². The Balaban J connectivity index is 0.00000144. The lowest BCUT2D eigenvalue weighted by atomic mass is 10.1. The van der Waals surface area contributed by atoms with Gasteiger partial charge in [0, 0.05) is 12.6 Å². The Bertz CT molecular complexity index is 317. The number of hydrogen-bond donors (Lipinski definition) is 1. The summed E-state index contributed by atoms with van der Waals surface area (Å²) in [6, 6.07) is 9.59. The van der Waals surface area contributed by atoms with Gasteiger partial charge in [0.1, 0.15) is 0 Å². The van der Waals surface area contributed by atoms with Gasteiger partial charge in [0.15, 0.2) is 0 Å². The minimum absolute atomic E-state index is 0. The monoisotopic (exact) mass is 254 g/mol. The average molecular weight is 255 g/mol. The summed E-state index contributed by atoms with van der Waals surface area (Å²) in [4.78, 5) is 2.58. The molecule has 0 amide bonds. The number of halogens is 1. The second kappa shape index (κ2) is 7.00. The first kappa shape index (κ1) is 14.5. The van der Waals surface area contributed by atoms with Gasteiger partial charge in [-0.15, -0.1) is 12.4 Å². The van der Waals surface area contributed by atoms with E-state index < -0.39 is 0 Å². The fourth-order valence-electron chi connectivity index (χ4n) is 2.46. The minimum atomic E-state index is 0. The van der Waals surface area contributed by atoms with E-state index in [1.54, 1.807) is 0 Å². The molecule has 0 spiro atoms. The van der Waals surface area contributed by atoms with Crippen molar-refractivity contribution in [3.05, 3.63) is 35.4 Å². The Labute approximate surface area is 111 Å². The number of nitrogens with zero attached hydrogens (tertiary/aromatic N) is 1. The molecule has 0 aromatic heterocycles. The molecule has 96 valence electrons. The van der Waals surface area contributed by atoms with E-state index in [1.165, 1.54) is 37.1 Å². The highest BCUT2D eigenvalue weighted by Gasteiger charge is 2.18. The zero-order valence-electron chi connectivity index (χ0n) is 10.8. The van der Waals surface area contributed by atoms with Crippen LogP contribution in [0.25, 0.3) is 0 Å². The Morgan fingerprint density at radius 2 is 1.76 bits per heavy atom. The highest BCUT2D eigenvalue weighted by Crippen LogP contribution is 2.24. The SMILES string of the molecule is CNCc1ccc(C(C)N2CCCC2)cc1.Cl. The molecule has 1 unspecified atom stereocenters. The van der Waals surface area contributed by atoms with Gasteiger partial charge in [-0.25, -0.2) is 0 Å². The van der Waals surface area contributed by atoms with Crippen LogP contribution in [0.4, 0.5) is 0 Å². The molecule has 1 aliphatic rings. The second-order valence-electron chi connectivity index (χ2n) is 4.69. The molecule has 1 atom stereocenters. The standard InChI is InChI=1S/C14H22N2.ClH/c1-12(16-9-3-4-10-16)14-7-5-13(6-8-14)11-15-2;/h5-8,12,15H,3-4,9-11H2,1-2H3;1H. The summed E-state index contributed by atoms with van der Waals surface area (Å²) in [5.41, 5.74) is 2.81. The van der Waals surface area contributed by atoms with Crippen LogP contribution in [0.15, 0.2) is 24.3 Å². The lowest BCUT2D eigenvalue weighted by Crippen LogP contribution is -2.23. The Morgan fingerprint density at radius 1 is 1.18 bits per heavy atom. The number of benzene rings is 1. The van der Waals surface area contributed by atoms with Crippen molar-refractivity contribution in [2.24, 2.45) is 0 Å². The quantitative estimate of drug-likeness (QED) is 0.889. The Kier molecular flexibility index (Phi) is 5.96. The van der Waals surface area contributed by atoms with Crippen molar-refractivity contribution >= 4 is 12.4 Å². The normalized spacial score (nSPS) is 17.8. The van der Waals surface area contributed by atoms with Gasteiger partial charge in [-0.3, -0.25) is 4.90 Å². The Morgan fingerprint density at radius 3 is 2.29 bits per heavy atom. The van der Waals surface area contributed by atoms with Gasteiger partial charge in [0.05, 0.1) is 0 Å². The fourth-order valence-corrected chi connectivity index (χ4v) is 2.46. The summed E-state index contributed by atoms with van der Waals surface area (Å²) in [6.07, 6.45) is 2.73. The lowest BCUT2D eigenvalue weighted by Gasteiger charge is -2.24. The van der Waals surface area contributed by atoms with Gasteiger partial charge in [-0.2, -0.15) is 0 Å². The molecule has 3 heteroatoms. The molecule has 1 fully saturated rings. The molecule has 0 aliphatic carbocycles. The van der Waals surface area contributed by atoms with E-state index in [-0.39, 0.29) is 12.4 Å². The first-order valence-corrected chi connectivity index (χ1v) is 6.29. The largest absolute Gasteiger partial charge is 0.316 e. The van der Waals surface area contributed by atoms with Gasteiger partial charge >= 0.3 is 0 Å². The molecular formula is C14H23ClN2. The smallest absolute Gasteiger partial charge is 0.0319 e. The highest BCUT2D eigenvalue weighted by atomic mass is 35.5. The van der Waals surface area contributed by atoms with Crippen LogP contribution in [0.1, 0.15) is 36.9 Å². The van der Waals surface area contributed by atoms with Crippen molar-refractivity contribution in [1.29, 1.82) is 0 Å². The zero-order valence-corrected chi connectivity index (χ0v) is 11.6. The maximum absolute atomic E-state index is 3.18. The molecule has 2 rings (SSSR count). The molecule has 0 radical (unpaired) electrons. The first-order valence-electron chi connectivity index (χ1n) is 6.29. The summed E-state index contributed by atoms with van der Waals surface area (Å²) < 4.78 is 0. The molecule has 1 aromatic carbocycles. The van der Waals surface area contributed by atoms with E-state index in [2.05, 4.69) is 41.4 Å². The van der Waals surface area contributed by atoms with Gasteiger partial charge in [-0.05, 0) is 51.0 Å². The topological polar surface area (TPSA) is 15.3 Å². The number of rotatable bonds is 4. The van der Waals surface area contributed by atoms with Crippen molar-refractivity contribution < 1.29 is 0 Å². The lowest BCUT2D eigenvalue weighted by molar-refractivity contribution is 0.263. The van der Waals surface area contributed by atoms with Crippen LogP contribution in [-0.4, -0.2) is 25.0 Å². The first-order chi connectivity index (χ1) is 7.81. The molecule has 17 heavy (non-hydrogen) atoms. The van der Waals surface area contributed by atoms with E-state index in [4.69, 9.17) is 0 Å². The second-order valence-corrected chi connectivity index (χ2v) is 4.69. The van der Waals surface area contributed by atoms with Crippen molar-refractivity contribution in [2.45, 2.75) is 32.4 Å². The predicted octanol–water partition coefficient (Wildman–Crippen LogP) is 2.98. The van der Waals surface area contributed by atoms with Gasteiger partial charge in [-0.1, -0.05) is 24.3 Å². The predicted molar refractivity (Wildman–Crippen MR) is 75.7 cm³/mol. The van der Waals surface area contributed by atoms with Crippen LogP contribution in [0.2, 0.25) is 0 Å². The molecule has 2 nitrogen and oxygen atoms in total. The number of hydrogen-bond acceptors (Lipinski definition) is 2. The summed E-state index contributed by atoms with van der Waals surface area (Å²) in [7, 11) is 1.99. The van der Waals surface area contributed by atoms with E-state index in [0.717, 1.165) is 6.54 Å². The van der Waals surface area contributed by atoms with Crippen LogP contribution in [0.5, 0.6) is 0 Å². The zero-order chi connectivity index (χ0) is 11.4. The van der Waals surface area contributed by atoms with Crippen LogP contribution in [0, 0.1) is 0 Å². The van der Waals surface area contributed by atoms with Crippen molar-refractivity contribution in [1.82, 2.24) is 10.2 Å². The minimum Gasteiger partial charge on any atom is -0.316 e. The summed E-state index contributed by atoms with van der Waals surface area (Å²) in [6.45, 7) is 5.80. The highest BCUT2D eigenvalue weighted by molar-refractivity contribution is 5.85. The Hall–Kier alpha value is -0.570. The van der Waals surface area contributed by atoms with Crippen LogP contribution in [0.3, 0.4) is 0 Å². The number of likely N-dealkylation sites (tertiary alicyclic amines) is 1. The van der Waals surface area contributed by atoms with Crippen molar-refractivity contribution in [2.75, 3.05) is 20.1 Å². The summed E-state index contributed by atoms with van der Waals surface area (Å²) >= 11 is 0. The fraction of sp³-hybridized carbons (Fsp3) is 0.571. The van der Waals surface area contributed by atoms with Gasteiger partial charge < -0.3 is 5.32 Å². The molecule has 1 heterocycles. The third-order valence-corrected chi connectivity index (χ3v) is 3.53. The van der Waals surface area contributed by atoms with Crippen molar-refractivity contribution in [3.63, 3.8) is 0 Å². The molecular weight excluding hydrogens is 232 g/mol.